The molecule has 1 aliphatic rings. The molecule has 0 aliphatic carbocycles. The molecule has 1 aromatic rings. The lowest BCUT2D eigenvalue weighted by Gasteiger charge is -2.31. The van der Waals surface area contributed by atoms with Gasteiger partial charge in [-0.1, -0.05) is 11.6 Å². The molecule has 0 spiro atoms. The average Bonchev–Trinajstić information content (AvgIpc) is 2.48. The maximum absolute atomic E-state index is 11.8. The topological polar surface area (TPSA) is 59.0 Å². The summed E-state index contributed by atoms with van der Waals surface area (Å²) in [6, 6.07) is 4.29. The van der Waals surface area contributed by atoms with E-state index in [-0.39, 0.29) is 0 Å². The zero-order chi connectivity index (χ0) is 16.1. The van der Waals surface area contributed by atoms with Crippen molar-refractivity contribution in [1.82, 2.24) is 4.90 Å². The fraction of sp³-hybridized carbons (Fsp3) is 0.562. The van der Waals surface area contributed by atoms with Crippen molar-refractivity contribution in [3.05, 3.63) is 28.8 Å². The van der Waals surface area contributed by atoms with Gasteiger partial charge in [0.15, 0.2) is 0 Å². The molecule has 1 unspecified atom stereocenters. The number of likely N-dealkylation sites (N-methyl/N-ethyl adjacent to an activating group) is 1. The minimum atomic E-state index is -0.907. The van der Waals surface area contributed by atoms with Gasteiger partial charge in [-0.2, -0.15) is 0 Å². The molecule has 1 aromatic carbocycles. The van der Waals surface area contributed by atoms with E-state index in [2.05, 4.69) is 0 Å². The maximum Gasteiger partial charge on any atom is 0.325 e. The number of benzene rings is 1. The molecule has 1 N–H and O–H groups in total. The molecule has 1 heterocycles. The van der Waals surface area contributed by atoms with Crippen LogP contribution < -0.4 is 4.74 Å². The quantitative estimate of drug-likeness (QED) is 0.870. The van der Waals surface area contributed by atoms with Crippen LogP contribution in [0.25, 0.3) is 0 Å². The number of carbonyl (C=O) groups is 1. The van der Waals surface area contributed by atoms with Crippen molar-refractivity contribution < 1.29 is 19.4 Å². The number of carboxylic acid groups (broad SMARTS) is 1. The van der Waals surface area contributed by atoms with Crippen molar-refractivity contribution in [3.63, 3.8) is 0 Å². The van der Waals surface area contributed by atoms with Crippen LogP contribution >= 0.6 is 11.6 Å². The van der Waals surface area contributed by atoms with Crippen molar-refractivity contribution in [1.29, 1.82) is 0 Å². The fourth-order valence-corrected chi connectivity index (χ4v) is 3.10. The minimum Gasteiger partial charge on any atom is -0.496 e. The van der Waals surface area contributed by atoms with Gasteiger partial charge in [-0.05, 0) is 44.0 Å². The highest BCUT2D eigenvalue weighted by Crippen LogP contribution is 2.32. The summed E-state index contributed by atoms with van der Waals surface area (Å²) in [5.74, 6) is 0.0801. The van der Waals surface area contributed by atoms with E-state index >= 15 is 0 Å². The van der Waals surface area contributed by atoms with E-state index in [1.54, 1.807) is 18.2 Å². The maximum atomic E-state index is 11.8. The molecule has 1 saturated heterocycles. The Bertz CT molecular complexity index is 517. The second kappa shape index (κ2) is 7.81. The van der Waals surface area contributed by atoms with Gasteiger partial charge in [0, 0.05) is 30.3 Å². The summed E-state index contributed by atoms with van der Waals surface area (Å²) in [7, 11) is 3.36. The molecular weight excluding hydrogens is 306 g/mol. The predicted octanol–water partition coefficient (Wildman–Crippen LogP) is 2.83. The Morgan fingerprint density at radius 3 is 2.77 bits per heavy atom. The lowest BCUT2D eigenvalue weighted by atomic mass is 9.97. The molecule has 1 atom stereocenters. The first-order valence-electron chi connectivity index (χ1n) is 7.37. The molecule has 5 nitrogen and oxygen atoms in total. The van der Waals surface area contributed by atoms with Gasteiger partial charge in [-0.3, -0.25) is 9.69 Å². The normalized spacial score (nSPS) is 17.5. The summed E-state index contributed by atoms with van der Waals surface area (Å²) in [6.07, 6.45) is 1.92. The monoisotopic (exact) mass is 327 g/mol. The Kier molecular flexibility index (Phi) is 6.06. The highest BCUT2D eigenvalue weighted by molar-refractivity contribution is 6.30. The van der Waals surface area contributed by atoms with Gasteiger partial charge in [0.2, 0.25) is 0 Å². The number of ether oxygens (including phenoxy) is 2. The van der Waals surface area contributed by atoms with Crippen LogP contribution in [0.5, 0.6) is 5.75 Å². The van der Waals surface area contributed by atoms with Crippen molar-refractivity contribution in [2.24, 2.45) is 5.92 Å². The Morgan fingerprint density at radius 1 is 1.50 bits per heavy atom. The molecule has 0 bridgehead atoms. The molecule has 0 amide bonds. The molecule has 0 radical (unpaired) electrons. The van der Waals surface area contributed by atoms with Crippen molar-refractivity contribution in [3.8, 4) is 5.75 Å². The van der Waals surface area contributed by atoms with Gasteiger partial charge in [-0.15, -0.1) is 0 Å². The van der Waals surface area contributed by atoms with E-state index < -0.39 is 12.0 Å². The SMILES string of the molecule is COc1ccc(Cl)cc1C(C(=O)O)N(C)CC1CCOCC1. The van der Waals surface area contributed by atoms with Gasteiger partial charge < -0.3 is 14.6 Å². The summed E-state index contributed by atoms with van der Waals surface area (Å²) in [4.78, 5) is 13.7. The van der Waals surface area contributed by atoms with Gasteiger partial charge in [-0.25, -0.2) is 0 Å². The second-order valence-electron chi connectivity index (χ2n) is 5.62. The number of hydrogen-bond acceptors (Lipinski definition) is 4. The number of rotatable bonds is 6. The predicted molar refractivity (Wildman–Crippen MR) is 84.6 cm³/mol. The largest absolute Gasteiger partial charge is 0.496 e. The summed E-state index contributed by atoms with van der Waals surface area (Å²) in [6.45, 7) is 2.20. The number of carboxylic acids is 1. The molecule has 1 fully saturated rings. The van der Waals surface area contributed by atoms with Crippen LogP contribution in [0.15, 0.2) is 18.2 Å². The first kappa shape index (κ1) is 17.1. The zero-order valence-corrected chi connectivity index (χ0v) is 13.7. The lowest BCUT2D eigenvalue weighted by Crippen LogP contribution is -2.36. The lowest BCUT2D eigenvalue weighted by molar-refractivity contribution is -0.143. The van der Waals surface area contributed by atoms with Crippen molar-refractivity contribution >= 4 is 17.6 Å². The van der Waals surface area contributed by atoms with Crippen LogP contribution in [0.3, 0.4) is 0 Å². The van der Waals surface area contributed by atoms with Crippen molar-refractivity contribution in [2.75, 3.05) is 33.9 Å². The standard InChI is InChI=1S/C16H22ClNO4/c1-18(10-11-5-7-22-8-6-11)15(16(19)20)13-9-12(17)3-4-14(13)21-2/h3-4,9,11,15H,5-8,10H2,1-2H3,(H,19,20). The van der Waals surface area contributed by atoms with Crippen LogP contribution in [0.2, 0.25) is 5.02 Å². The summed E-state index contributed by atoms with van der Waals surface area (Å²) < 4.78 is 10.7. The molecule has 0 aromatic heterocycles. The molecular formula is C16H22ClNO4. The van der Waals surface area contributed by atoms with E-state index in [0.717, 1.165) is 26.1 Å². The molecule has 2 rings (SSSR count). The van der Waals surface area contributed by atoms with E-state index in [4.69, 9.17) is 21.1 Å². The summed E-state index contributed by atoms with van der Waals surface area (Å²) in [5, 5.41) is 10.2. The van der Waals surface area contributed by atoms with Gasteiger partial charge in [0.25, 0.3) is 0 Å². The number of halogens is 1. The van der Waals surface area contributed by atoms with Gasteiger partial charge >= 0.3 is 5.97 Å². The molecule has 1 aliphatic heterocycles. The molecule has 122 valence electrons. The van der Waals surface area contributed by atoms with E-state index in [9.17, 15) is 9.90 Å². The van der Waals surface area contributed by atoms with Gasteiger partial charge in [0.1, 0.15) is 11.8 Å². The Morgan fingerprint density at radius 2 is 2.18 bits per heavy atom. The van der Waals surface area contributed by atoms with Crippen LogP contribution in [0.1, 0.15) is 24.4 Å². The third-order valence-electron chi connectivity index (χ3n) is 4.05. The van der Waals surface area contributed by atoms with Gasteiger partial charge in [0.05, 0.1) is 7.11 Å². The summed E-state index contributed by atoms with van der Waals surface area (Å²) >= 11 is 6.04. The Hall–Kier alpha value is -1.30. The highest BCUT2D eigenvalue weighted by atomic mass is 35.5. The Labute approximate surface area is 135 Å². The van der Waals surface area contributed by atoms with Crippen molar-refractivity contribution in [2.45, 2.75) is 18.9 Å². The van der Waals surface area contributed by atoms with Crippen LogP contribution in [0, 0.1) is 5.92 Å². The van der Waals surface area contributed by atoms with E-state index in [0.29, 0.717) is 28.8 Å². The third kappa shape index (κ3) is 4.12. The first-order valence-corrected chi connectivity index (χ1v) is 7.75. The molecule has 0 saturated carbocycles. The minimum absolute atomic E-state index is 0.450. The Balaban J connectivity index is 2.21. The average molecular weight is 328 g/mol. The molecule has 22 heavy (non-hydrogen) atoms. The van der Waals surface area contributed by atoms with Crippen LogP contribution in [-0.4, -0.2) is 49.9 Å². The summed E-state index contributed by atoms with van der Waals surface area (Å²) in [5.41, 5.74) is 0.581. The number of hydrogen-bond donors (Lipinski definition) is 1. The second-order valence-corrected chi connectivity index (χ2v) is 6.06. The van der Waals surface area contributed by atoms with Crippen LogP contribution in [-0.2, 0) is 9.53 Å². The smallest absolute Gasteiger partial charge is 0.325 e. The fourth-order valence-electron chi connectivity index (χ4n) is 2.92. The van der Waals surface area contributed by atoms with E-state index in [1.807, 2.05) is 11.9 Å². The highest BCUT2D eigenvalue weighted by Gasteiger charge is 2.30. The number of aliphatic carboxylic acids is 1. The zero-order valence-electron chi connectivity index (χ0n) is 12.9. The molecule has 6 heteroatoms. The number of methoxy groups -OCH3 is 1. The van der Waals surface area contributed by atoms with E-state index in [1.165, 1.54) is 7.11 Å². The third-order valence-corrected chi connectivity index (χ3v) is 4.28. The van der Waals surface area contributed by atoms with Crippen LogP contribution in [0.4, 0.5) is 0 Å². The first-order chi connectivity index (χ1) is 10.5. The number of nitrogens with zero attached hydrogens (tertiary/aromatic N) is 1.